The molecule has 2 aliphatic rings. The van der Waals surface area contributed by atoms with Crippen LogP contribution >= 0.6 is 11.3 Å². The van der Waals surface area contributed by atoms with Crippen LogP contribution in [0.3, 0.4) is 0 Å². The smallest absolute Gasteiger partial charge is 0.240 e. The Hall–Kier alpha value is -1.58. The standard InChI is InChI=1S/C14H20N6O2S/c1-21-9-11-15-12(22-18-11)8-19-4-6-20(7-5-19)14-17-16-13(23-14)10-2-3-10/h10H,2-9H2,1H3. The molecule has 0 unspecified atom stereocenters. The molecule has 0 spiro atoms. The number of methoxy groups -OCH3 is 1. The molecule has 1 saturated carbocycles. The van der Waals surface area contributed by atoms with Gasteiger partial charge in [-0.3, -0.25) is 4.90 Å². The van der Waals surface area contributed by atoms with E-state index in [-0.39, 0.29) is 0 Å². The van der Waals surface area contributed by atoms with Gasteiger partial charge >= 0.3 is 0 Å². The van der Waals surface area contributed by atoms with Crippen molar-refractivity contribution in [3.63, 3.8) is 0 Å². The molecule has 1 saturated heterocycles. The van der Waals surface area contributed by atoms with Gasteiger partial charge in [0.1, 0.15) is 11.6 Å². The molecule has 9 heteroatoms. The first kappa shape index (κ1) is 15.0. The largest absolute Gasteiger partial charge is 0.377 e. The lowest BCUT2D eigenvalue weighted by Crippen LogP contribution is -2.46. The Morgan fingerprint density at radius 3 is 2.78 bits per heavy atom. The molecule has 0 aromatic carbocycles. The summed E-state index contributed by atoms with van der Waals surface area (Å²) in [5.41, 5.74) is 0. The second-order valence-corrected chi connectivity index (χ2v) is 6.99. The maximum atomic E-state index is 5.25. The molecule has 4 rings (SSSR count). The lowest BCUT2D eigenvalue weighted by Gasteiger charge is -2.33. The monoisotopic (exact) mass is 336 g/mol. The van der Waals surface area contributed by atoms with Crippen molar-refractivity contribution in [2.45, 2.75) is 31.9 Å². The van der Waals surface area contributed by atoms with Crippen LogP contribution in [0.5, 0.6) is 0 Å². The fourth-order valence-corrected chi connectivity index (χ4v) is 3.74. The molecule has 2 aromatic heterocycles. The van der Waals surface area contributed by atoms with Crippen molar-refractivity contribution in [1.29, 1.82) is 0 Å². The van der Waals surface area contributed by atoms with E-state index in [9.17, 15) is 0 Å². The van der Waals surface area contributed by atoms with Crippen molar-refractivity contribution in [1.82, 2.24) is 25.2 Å². The van der Waals surface area contributed by atoms with Crippen LogP contribution in [0.1, 0.15) is 35.5 Å². The fourth-order valence-electron chi connectivity index (χ4n) is 2.68. The molecule has 0 atom stereocenters. The van der Waals surface area contributed by atoms with Gasteiger partial charge < -0.3 is 14.2 Å². The minimum atomic E-state index is 0.387. The summed E-state index contributed by atoms with van der Waals surface area (Å²) in [5, 5.41) is 14.8. The molecule has 0 bridgehead atoms. The van der Waals surface area contributed by atoms with Gasteiger partial charge in [-0.15, -0.1) is 10.2 Å². The summed E-state index contributed by atoms with van der Waals surface area (Å²) in [6.07, 6.45) is 2.55. The maximum absolute atomic E-state index is 5.25. The first-order chi connectivity index (χ1) is 11.3. The summed E-state index contributed by atoms with van der Waals surface area (Å²) in [5.74, 6) is 1.93. The van der Waals surface area contributed by atoms with Crippen molar-refractivity contribution in [3.8, 4) is 0 Å². The molecule has 0 amide bonds. The van der Waals surface area contributed by atoms with Crippen molar-refractivity contribution in [3.05, 3.63) is 16.7 Å². The highest BCUT2D eigenvalue weighted by Crippen LogP contribution is 2.42. The molecular formula is C14H20N6O2S. The van der Waals surface area contributed by atoms with Gasteiger partial charge in [0.25, 0.3) is 0 Å². The van der Waals surface area contributed by atoms with E-state index in [1.807, 2.05) is 0 Å². The Morgan fingerprint density at radius 1 is 1.22 bits per heavy atom. The molecule has 8 nitrogen and oxygen atoms in total. The number of rotatable bonds is 6. The molecule has 2 fully saturated rings. The molecule has 1 aliphatic carbocycles. The number of ether oxygens (including phenoxy) is 1. The van der Waals surface area contributed by atoms with Gasteiger partial charge in [0.2, 0.25) is 11.0 Å². The third kappa shape index (κ3) is 3.51. The van der Waals surface area contributed by atoms with E-state index in [0.717, 1.165) is 31.3 Å². The van der Waals surface area contributed by atoms with Crippen molar-refractivity contribution in [2.24, 2.45) is 0 Å². The number of piperazine rings is 1. The topological polar surface area (TPSA) is 80.4 Å². The number of nitrogens with zero attached hydrogens (tertiary/aromatic N) is 6. The first-order valence-corrected chi connectivity index (χ1v) is 8.74. The van der Waals surface area contributed by atoms with Crippen LogP contribution < -0.4 is 4.90 Å². The predicted molar refractivity (Wildman–Crippen MR) is 84.4 cm³/mol. The number of hydrogen-bond donors (Lipinski definition) is 0. The van der Waals surface area contributed by atoms with E-state index in [1.54, 1.807) is 18.4 Å². The van der Waals surface area contributed by atoms with Gasteiger partial charge in [-0.05, 0) is 12.8 Å². The fraction of sp³-hybridized carbons (Fsp3) is 0.714. The molecule has 0 radical (unpaired) electrons. The van der Waals surface area contributed by atoms with Crippen molar-refractivity contribution < 1.29 is 9.26 Å². The van der Waals surface area contributed by atoms with Crippen LogP contribution in [0, 0.1) is 0 Å². The van der Waals surface area contributed by atoms with Gasteiger partial charge in [-0.1, -0.05) is 16.5 Å². The van der Waals surface area contributed by atoms with Gasteiger partial charge in [-0.25, -0.2) is 0 Å². The van der Waals surface area contributed by atoms with E-state index in [1.165, 1.54) is 17.8 Å². The van der Waals surface area contributed by atoms with Crippen LogP contribution in [0.15, 0.2) is 4.52 Å². The normalized spacial score (nSPS) is 19.4. The summed E-state index contributed by atoms with van der Waals surface area (Å²) < 4.78 is 10.3. The summed E-state index contributed by atoms with van der Waals surface area (Å²) in [4.78, 5) is 8.97. The number of anilines is 1. The number of aromatic nitrogens is 4. The highest BCUT2D eigenvalue weighted by Gasteiger charge is 2.29. The summed E-state index contributed by atoms with van der Waals surface area (Å²) in [6, 6.07) is 0. The lowest BCUT2D eigenvalue weighted by atomic mass is 10.3. The Labute approximate surface area is 138 Å². The van der Waals surface area contributed by atoms with Gasteiger partial charge in [0.05, 0.1) is 6.54 Å². The minimum absolute atomic E-state index is 0.387. The second-order valence-electron chi connectivity index (χ2n) is 6.00. The zero-order valence-electron chi connectivity index (χ0n) is 13.1. The molecule has 1 aliphatic heterocycles. The summed E-state index contributed by atoms with van der Waals surface area (Å²) in [7, 11) is 1.62. The molecule has 124 valence electrons. The zero-order chi connectivity index (χ0) is 15.6. The first-order valence-electron chi connectivity index (χ1n) is 7.93. The highest BCUT2D eigenvalue weighted by molar-refractivity contribution is 7.15. The SMILES string of the molecule is COCc1noc(CN2CCN(c3nnc(C4CC4)s3)CC2)n1. The molecule has 23 heavy (non-hydrogen) atoms. The van der Waals surface area contributed by atoms with E-state index in [4.69, 9.17) is 9.26 Å². The highest BCUT2D eigenvalue weighted by atomic mass is 32.1. The lowest BCUT2D eigenvalue weighted by molar-refractivity contribution is 0.174. The molecule has 3 heterocycles. The Balaban J connectivity index is 1.29. The van der Waals surface area contributed by atoms with Gasteiger partial charge in [-0.2, -0.15) is 4.98 Å². The molecule has 2 aromatic rings. The average molecular weight is 336 g/mol. The van der Waals surface area contributed by atoms with Crippen LogP contribution in [-0.4, -0.2) is 58.5 Å². The quantitative estimate of drug-likeness (QED) is 0.780. The summed E-state index contributed by atoms with van der Waals surface area (Å²) >= 11 is 1.75. The van der Waals surface area contributed by atoms with E-state index in [0.29, 0.717) is 30.8 Å². The molecular weight excluding hydrogens is 316 g/mol. The Kier molecular flexibility index (Phi) is 4.23. The van der Waals surface area contributed by atoms with Gasteiger partial charge in [0.15, 0.2) is 5.82 Å². The van der Waals surface area contributed by atoms with Gasteiger partial charge in [0, 0.05) is 39.2 Å². The average Bonchev–Trinajstić information content (AvgIpc) is 3.13. The zero-order valence-corrected chi connectivity index (χ0v) is 14.0. The van der Waals surface area contributed by atoms with Crippen LogP contribution in [0.4, 0.5) is 5.13 Å². The minimum Gasteiger partial charge on any atom is -0.377 e. The predicted octanol–water partition coefficient (Wildman–Crippen LogP) is 1.27. The van der Waals surface area contributed by atoms with Crippen LogP contribution in [0.25, 0.3) is 0 Å². The Morgan fingerprint density at radius 2 is 2.04 bits per heavy atom. The maximum Gasteiger partial charge on any atom is 0.240 e. The van der Waals surface area contributed by atoms with Crippen molar-refractivity contribution in [2.75, 3.05) is 38.2 Å². The third-order valence-corrected chi connectivity index (χ3v) is 5.29. The Bertz CT molecular complexity index is 647. The second kappa shape index (κ2) is 6.50. The van der Waals surface area contributed by atoms with E-state index >= 15 is 0 Å². The molecule has 0 N–H and O–H groups in total. The van der Waals surface area contributed by atoms with Crippen LogP contribution in [-0.2, 0) is 17.9 Å². The van der Waals surface area contributed by atoms with E-state index in [2.05, 4.69) is 30.1 Å². The van der Waals surface area contributed by atoms with Crippen LogP contribution in [0.2, 0.25) is 0 Å². The van der Waals surface area contributed by atoms with Crippen molar-refractivity contribution >= 4 is 16.5 Å². The third-order valence-electron chi connectivity index (χ3n) is 4.14. The summed E-state index contributed by atoms with van der Waals surface area (Å²) in [6.45, 7) is 4.91. The number of hydrogen-bond acceptors (Lipinski definition) is 9. The van der Waals surface area contributed by atoms with E-state index < -0.39 is 0 Å².